The van der Waals surface area contributed by atoms with Crippen molar-refractivity contribution in [3.05, 3.63) is 24.6 Å². The largest absolute Gasteiger partial charge is 0.476 e. The molecule has 0 aliphatic rings. The summed E-state index contributed by atoms with van der Waals surface area (Å²) in [5.41, 5.74) is -0.116. The van der Waals surface area contributed by atoms with E-state index in [0.717, 1.165) is 12.7 Å². The monoisotopic (exact) mass is 226 g/mol. The molecule has 1 aromatic heterocycles. The minimum Gasteiger partial charge on any atom is -0.476 e. The van der Waals surface area contributed by atoms with Crippen LogP contribution >= 0.6 is 0 Å². The number of ether oxygens (including phenoxy) is 1. The summed E-state index contributed by atoms with van der Waals surface area (Å²) in [5.74, 6) is -1.11. The molecule has 6 nitrogen and oxygen atoms in total. The van der Waals surface area contributed by atoms with E-state index in [1.807, 2.05) is 0 Å². The van der Waals surface area contributed by atoms with Crippen molar-refractivity contribution < 1.29 is 19.1 Å². The topological polar surface area (TPSA) is 84.6 Å². The molecular weight excluding hydrogens is 212 g/mol. The van der Waals surface area contributed by atoms with Gasteiger partial charge < -0.3 is 19.6 Å². The van der Waals surface area contributed by atoms with Gasteiger partial charge in [0.2, 0.25) is 0 Å². The fourth-order valence-corrected chi connectivity index (χ4v) is 0.952. The Morgan fingerprint density at radius 3 is 3.12 bits per heavy atom. The van der Waals surface area contributed by atoms with Gasteiger partial charge in [-0.05, 0) is 6.42 Å². The highest BCUT2D eigenvalue weighted by atomic mass is 16.5. The number of nitrogens with zero attached hydrogens (tertiary/aromatic N) is 1. The number of oxazole rings is 1. The number of nitrogens with one attached hydrogen (secondary N) is 1. The van der Waals surface area contributed by atoms with E-state index in [2.05, 4.69) is 16.9 Å². The molecule has 0 spiro atoms. The molecule has 0 aliphatic carbocycles. The molecule has 0 atom stereocenters. The Bertz CT molecular complexity index is 348. The first kappa shape index (κ1) is 12.3. The molecule has 0 unspecified atom stereocenters. The molecule has 1 aromatic rings. The summed E-state index contributed by atoms with van der Waals surface area (Å²) in [6.45, 7) is 5.20. The molecule has 0 fully saturated rings. The van der Waals surface area contributed by atoms with E-state index >= 15 is 0 Å². The molecule has 1 rings (SSSR count). The first-order valence-corrected chi connectivity index (χ1v) is 4.85. The fraction of sp³-hybridized carbons (Fsp3) is 0.400. The van der Waals surface area contributed by atoms with Crippen LogP contribution < -0.4 is 5.32 Å². The fourth-order valence-electron chi connectivity index (χ4n) is 0.952. The van der Waals surface area contributed by atoms with Crippen LogP contribution in [-0.4, -0.2) is 35.8 Å². The molecule has 0 aliphatic heterocycles. The average molecular weight is 226 g/mol. The number of aromatic carboxylic acids is 1. The molecule has 2 N–H and O–H groups in total. The summed E-state index contributed by atoms with van der Waals surface area (Å²) in [6, 6.07) is 0.185. The van der Waals surface area contributed by atoms with E-state index in [9.17, 15) is 4.79 Å². The molecule has 0 radical (unpaired) electrons. The van der Waals surface area contributed by atoms with Crippen LogP contribution in [0, 0.1) is 0 Å². The van der Waals surface area contributed by atoms with Gasteiger partial charge in [0.15, 0.2) is 5.69 Å². The van der Waals surface area contributed by atoms with Gasteiger partial charge in [0.1, 0.15) is 6.26 Å². The van der Waals surface area contributed by atoms with Gasteiger partial charge in [-0.25, -0.2) is 4.79 Å². The van der Waals surface area contributed by atoms with Gasteiger partial charge in [-0.1, -0.05) is 6.08 Å². The zero-order valence-corrected chi connectivity index (χ0v) is 8.81. The number of carbonyl (C=O) groups is 1. The summed E-state index contributed by atoms with van der Waals surface area (Å²) in [5, 5.41) is 11.4. The van der Waals surface area contributed by atoms with E-state index in [4.69, 9.17) is 14.3 Å². The number of carboxylic acids is 1. The van der Waals surface area contributed by atoms with Crippen LogP contribution in [0.2, 0.25) is 0 Å². The van der Waals surface area contributed by atoms with Crippen LogP contribution in [0.4, 0.5) is 6.01 Å². The van der Waals surface area contributed by atoms with Crippen LogP contribution in [-0.2, 0) is 4.74 Å². The predicted octanol–water partition coefficient (Wildman–Crippen LogP) is 1.38. The normalized spacial score (nSPS) is 10.0. The third kappa shape index (κ3) is 4.14. The van der Waals surface area contributed by atoms with Crippen molar-refractivity contribution in [3.63, 3.8) is 0 Å². The van der Waals surface area contributed by atoms with Gasteiger partial charge in [0, 0.05) is 6.54 Å². The smallest absolute Gasteiger partial charge is 0.357 e. The van der Waals surface area contributed by atoms with Crippen molar-refractivity contribution >= 4 is 12.0 Å². The number of hydrogen-bond donors (Lipinski definition) is 2. The van der Waals surface area contributed by atoms with Gasteiger partial charge in [-0.2, -0.15) is 4.98 Å². The number of carboxylic acid groups (broad SMARTS) is 1. The van der Waals surface area contributed by atoms with Crippen molar-refractivity contribution in [2.24, 2.45) is 0 Å². The molecule has 88 valence electrons. The molecule has 1 heterocycles. The second-order valence-electron chi connectivity index (χ2n) is 2.96. The summed E-state index contributed by atoms with van der Waals surface area (Å²) in [4.78, 5) is 14.2. The van der Waals surface area contributed by atoms with Crippen molar-refractivity contribution in [3.8, 4) is 0 Å². The first-order chi connectivity index (χ1) is 7.74. The van der Waals surface area contributed by atoms with E-state index in [0.29, 0.717) is 19.8 Å². The zero-order valence-electron chi connectivity index (χ0n) is 8.81. The standard InChI is InChI=1S/C10H14N2O4/c1-2-3-5-15-6-4-11-10-12-8(7-16-10)9(13)14/h2,7H,1,3-6H2,(H,11,12)(H,13,14). The first-order valence-electron chi connectivity index (χ1n) is 4.85. The number of rotatable bonds is 8. The Hall–Kier alpha value is -1.82. The molecule has 0 bridgehead atoms. The van der Waals surface area contributed by atoms with Gasteiger partial charge in [0.25, 0.3) is 6.01 Å². The van der Waals surface area contributed by atoms with Crippen molar-refractivity contribution in [2.75, 3.05) is 25.1 Å². The van der Waals surface area contributed by atoms with E-state index < -0.39 is 5.97 Å². The molecular formula is C10H14N2O4. The van der Waals surface area contributed by atoms with E-state index in [1.165, 1.54) is 0 Å². The van der Waals surface area contributed by atoms with E-state index in [-0.39, 0.29) is 11.7 Å². The quantitative estimate of drug-likeness (QED) is 0.514. The van der Waals surface area contributed by atoms with E-state index in [1.54, 1.807) is 6.08 Å². The summed E-state index contributed by atoms with van der Waals surface area (Å²) in [7, 11) is 0. The predicted molar refractivity (Wildman–Crippen MR) is 57.6 cm³/mol. The third-order valence-corrected chi connectivity index (χ3v) is 1.71. The number of anilines is 1. The van der Waals surface area contributed by atoms with Crippen LogP contribution in [0.3, 0.4) is 0 Å². The van der Waals surface area contributed by atoms with Gasteiger partial charge in [0.05, 0.1) is 13.2 Å². The Kier molecular flexibility index (Phi) is 5.07. The summed E-state index contributed by atoms with van der Waals surface area (Å²) in [6.07, 6.45) is 3.67. The Morgan fingerprint density at radius 2 is 2.50 bits per heavy atom. The van der Waals surface area contributed by atoms with Crippen molar-refractivity contribution in [1.82, 2.24) is 4.98 Å². The maximum Gasteiger partial charge on any atom is 0.357 e. The van der Waals surface area contributed by atoms with Crippen molar-refractivity contribution in [2.45, 2.75) is 6.42 Å². The third-order valence-electron chi connectivity index (χ3n) is 1.71. The second-order valence-corrected chi connectivity index (χ2v) is 2.96. The molecule has 0 aromatic carbocycles. The van der Waals surface area contributed by atoms with Crippen LogP contribution in [0.25, 0.3) is 0 Å². The Labute approximate surface area is 92.9 Å². The lowest BCUT2D eigenvalue weighted by molar-refractivity contribution is 0.0690. The maximum absolute atomic E-state index is 10.5. The Morgan fingerprint density at radius 1 is 1.69 bits per heavy atom. The highest BCUT2D eigenvalue weighted by Gasteiger charge is 2.09. The molecule has 0 amide bonds. The zero-order chi connectivity index (χ0) is 11.8. The lowest BCUT2D eigenvalue weighted by Crippen LogP contribution is -2.10. The lowest BCUT2D eigenvalue weighted by atomic mass is 10.4. The Balaban J connectivity index is 2.16. The second kappa shape index (κ2) is 6.62. The number of aromatic nitrogens is 1. The van der Waals surface area contributed by atoms with Crippen LogP contribution in [0.1, 0.15) is 16.9 Å². The summed E-state index contributed by atoms with van der Waals surface area (Å²) >= 11 is 0. The van der Waals surface area contributed by atoms with Crippen molar-refractivity contribution in [1.29, 1.82) is 0 Å². The average Bonchev–Trinajstić information content (AvgIpc) is 2.72. The minimum absolute atomic E-state index is 0.116. The molecule has 0 saturated carbocycles. The van der Waals surface area contributed by atoms with Crippen LogP contribution in [0.15, 0.2) is 23.3 Å². The van der Waals surface area contributed by atoms with Gasteiger partial charge in [-0.15, -0.1) is 6.58 Å². The van der Waals surface area contributed by atoms with Gasteiger partial charge in [-0.3, -0.25) is 0 Å². The molecule has 0 saturated heterocycles. The SMILES string of the molecule is C=CCCOCCNc1nc(C(=O)O)co1. The highest BCUT2D eigenvalue weighted by Crippen LogP contribution is 2.06. The highest BCUT2D eigenvalue weighted by molar-refractivity contribution is 5.85. The minimum atomic E-state index is -1.11. The van der Waals surface area contributed by atoms with Gasteiger partial charge >= 0.3 is 5.97 Å². The lowest BCUT2D eigenvalue weighted by Gasteiger charge is -2.02. The maximum atomic E-state index is 10.5. The summed E-state index contributed by atoms with van der Waals surface area (Å²) < 4.78 is 10.1. The molecule has 6 heteroatoms. The number of hydrogen-bond acceptors (Lipinski definition) is 5. The van der Waals surface area contributed by atoms with Crippen LogP contribution in [0.5, 0.6) is 0 Å². The molecule has 16 heavy (non-hydrogen) atoms.